The highest BCUT2D eigenvalue weighted by molar-refractivity contribution is 6.30. The Morgan fingerprint density at radius 1 is 1.04 bits per heavy atom. The molecule has 0 unspecified atom stereocenters. The molecule has 0 saturated heterocycles. The summed E-state index contributed by atoms with van der Waals surface area (Å²) in [7, 11) is 0. The van der Waals surface area contributed by atoms with Gasteiger partial charge in [-0.2, -0.15) is 18.3 Å². The third-order valence-corrected chi connectivity index (χ3v) is 4.08. The third kappa shape index (κ3) is 3.43. The van der Waals surface area contributed by atoms with Gasteiger partial charge in [-0.1, -0.05) is 35.9 Å². The Morgan fingerprint density at radius 3 is 2.25 bits per heavy atom. The molecule has 124 valence electrons. The number of halogens is 4. The maximum atomic E-state index is 12.6. The molecule has 1 amide bonds. The van der Waals surface area contributed by atoms with E-state index in [0.717, 1.165) is 17.7 Å². The molecule has 0 saturated carbocycles. The van der Waals surface area contributed by atoms with Crippen molar-refractivity contribution in [2.75, 3.05) is 0 Å². The molecule has 0 bridgehead atoms. The van der Waals surface area contributed by atoms with Crippen LogP contribution in [0.4, 0.5) is 13.2 Å². The first kappa shape index (κ1) is 16.5. The lowest BCUT2D eigenvalue weighted by atomic mass is 9.89. The molecule has 0 radical (unpaired) electrons. The van der Waals surface area contributed by atoms with Gasteiger partial charge in [0, 0.05) is 11.4 Å². The first-order chi connectivity index (χ1) is 11.3. The van der Waals surface area contributed by atoms with Crippen molar-refractivity contribution < 1.29 is 18.0 Å². The fraction of sp³-hybridized carbons (Fsp3) is 0.176. The Labute approximate surface area is 141 Å². The van der Waals surface area contributed by atoms with Crippen LogP contribution in [0.3, 0.4) is 0 Å². The molecule has 3 rings (SSSR count). The second kappa shape index (κ2) is 6.28. The number of amides is 1. The van der Waals surface area contributed by atoms with Gasteiger partial charge in [0.05, 0.1) is 17.2 Å². The number of hydrogen-bond acceptors (Lipinski definition) is 2. The van der Waals surface area contributed by atoms with E-state index in [1.54, 1.807) is 24.3 Å². The Bertz CT molecular complexity index is 783. The van der Waals surface area contributed by atoms with Crippen molar-refractivity contribution in [3.8, 4) is 0 Å². The van der Waals surface area contributed by atoms with E-state index in [-0.39, 0.29) is 5.91 Å². The smallest absolute Gasteiger partial charge is 0.272 e. The average Bonchev–Trinajstić information content (AvgIpc) is 2.56. The molecule has 2 aromatic carbocycles. The molecule has 0 spiro atoms. The number of carbonyl (C=O) groups is 1. The topological polar surface area (TPSA) is 41.5 Å². The molecular weight excluding hydrogens is 341 g/mol. The molecule has 1 N–H and O–H groups in total. The summed E-state index contributed by atoms with van der Waals surface area (Å²) in [4.78, 5) is 12.0. The second-order valence-corrected chi connectivity index (χ2v) is 5.85. The highest BCUT2D eigenvalue weighted by atomic mass is 35.5. The zero-order valence-electron chi connectivity index (χ0n) is 12.3. The normalized spacial score (nSPS) is 18.1. The van der Waals surface area contributed by atoms with Gasteiger partial charge in [-0.3, -0.25) is 4.79 Å². The van der Waals surface area contributed by atoms with Gasteiger partial charge in [0.2, 0.25) is 5.91 Å². The number of carbonyl (C=O) groups excluding carboxylic acids is 1. The van der Waals surface area contributed by atoms with Crippen molar-refractivity contribution in [3.05, 3.63) is 70.2 Å². The SMILES string of the molecule is O=C1NN=C(c2ccc(C(F)(F)F)cc2)C[C@H]1c1ccc(Cl)cc1. The summed E-state index contributed by atoms with van der Waals surface area (Å²) in [5.41, 5.74) is 3.56. The van der Waals surface area contributed by atoms with E-state index >= 15 is 0 Å². The van der Waals surface area contributed by atoms with Crippen molar-refractivity contribution in [3.63, 3.8) is 0 Å². The predicted octanol–water partition coefficient (Wildman–Crippen LogP) is 4.37. The largest absolute Gasteiger partial charge is 0.416 e. The van der Waals surface area contributed by atoms with Gasteiger partial charge in [0.15, 0.2) is 0 Å². The second-order valence-electron chi connectivity index (χ2n) is 5.42. The highest BCUT2D eigenvalue weighted by Gasteiger charge is 2.31. The summed E-state index contributed by atoms with van der Waals surface area (Å²) >= 11 is 5.85. The standard InChI is InChI=1S/C17H12ClF3N2O/c18-13-7-3-10(4-8-13)14-9-15(22-23-16(14)24)11-1-5-12(6-2-11)17(19,20)21/h1-8,14H,9H2,(H,23,24)/t14-/m0/s1. The van der Waals surface area contributed by atoms with Crippen LogP contribution in [0.25, 0.3) is 0 Å². The number of benzene rings is 2. The van der Waals surface area contributed by atoms with Crippen LogP contribution < -0.4 is 5.43 Å². The zero-order chi connectivity index (χ0) is 17.3. The Hall–Kier alpha value is -2.34. The Balaban J connectivity index is 1.84. The lowest BCUT2D eigenvalue weighted by Crippen LogP contribution is -2.33. The molecular formula is C17H12ClF3N2O. The van der Waals surface area contributed by atoms with Crippen molar-refractivity contribution in [2.24, 2.45) is 5.10 Å². The summed E-state index contributed by atoms with van der Waals surface area (Å²) in [5.74, 6) is -0.718. The average molecular weight is 353 g/mol. The summed E-state index contributed by atoms with van der Waals surface area (Å²) < 4.78 is 37.9. The van der Waals surface area contributed by atoms with E-state index in [1.807, 2.05) is 0 Å². The van der Waals surface area contributed by atoms with Gasteiger partial charge in [0.25, 0.3) is 0 Å². The molecule has 3 nitrogen and oxygen atoms in total. The lowest BCUT2D eigenvalue weighted by molar-refractivity contribution is -0.137. The van der Waals surface area contributed by atoms with Gasteiger partial charge in [0.1, 0.15) is 0 Å². The van der Waals surface area contributed by atoms with E-state index in [9.17, 15) is 18.0 Å². The van der Waals surface area contributed by atoms with Crippen LogP contribution in [0.15, 0.2) is 53.6 Å². The molecule has 7 heteroatoms. The quantitative estimate of drug-likeness (QED) is 0.857. The van der Waals surface area contributed by atoms with Crippen LogP contribution in [-0.2, 0) is 11.0 Å². The van der Waals surface area contributed by atoms with Crippen LogP contribution >= 0.6 is 11.6 Å². The number of rotatable bonds is 2. The Kier molecular flexibility index (Phi) is 4.32. The predicted molar refractivity (Wildman–Crippen MR) is 84.9 cm³/mol. The monoisotopic (exact) mass is 352 g/mol. The van der Waals surface area contributed by atoms with E-state index in [2.05, 4.69) is 10.5 Å². The van der Waals surface area contributed by atoms with Crippen LogP contribution in [0.1, 0.15) is 29.0 Å². The summed E-state index contributed by atoms with van der Waals surface area (Å²) in [6, 6.07) is 11.6. The van der Waals surface area contributed by atoms with Gasteiger partial charge in [-0.25, -0.2) is 5.43 Å². The van der Waals surface area contributed by atoms with E-state index < -0.39 is 17.7 Å². The molecule has 24 heavy (non-hydrogen) atoms. The number of hydrazone groups is 1. The number of nitrogens with zero attached hydrogens (tertiary/aromatic N) is 1. The molecule has 2 aromatic rings. The lowest BCUT2D eigenvalue weighted by Gasteiger charge is -2.22. The number of alkyl halides is 3. The fourth-order valence-electron chi connectivity index (χ4n) is 2.53. The highest BCUT2D eigenvalue weighted by Crippen LogP contribution is 2.30. The Morgan fingerprint density at radius 2 is 1.67 bits per heavy atom. The van der Waals surface area contributed by atoms with Crippen molar-refractivity contribution in [2.45, 2.75) is 18.5 Å². The van der Waals surface area contributed by atoms with E-state index in [0.29, 0.717) is 22.7 Å². The van der Waals surface area contributed by atoms with Crippen LogP contribution in [0.2, 0.25) is 5.02 Å². The zero-order valence-corrected chi connectivity index (χ0v) is 13.0. The van der Waals surface area contributed by atoms with Crippen molar-refractivity contribution in [1.82, 2.24) is 5.43 Å². The third-order valence-electron chi connectivity index (χ3n) is 3.83. The van der Waals surface area contributed by atoms with Crippen molar-refractivity contribution in [1.29, 1.82) is 0 Å². The summed E-state index contributed by atoms with van der Waals surface area (Å²) in [5, 5.41) is 4.54. The number of hydrogen-bond donors (Lipinski definition) is 1. The molecule has 0 fully saturated rings. The maximum Gasteiger partial charge on any atom is 0.416 e. The minimum absolute atomic E-state index is 0.256. The van der Waals surface area contributed by atoms with Gasteiger partial charge in [-0.15, -0.1) is 0 Å². The fourth-order valence-corrected chi connectivity index (χ4v) is 2.66. The van der Waals surface area contributed by atoms with Gasteiger partial charge in [-0.05, 0) is 35.4 Å². The van der Waals surface area contributed by atoms with Crippen molar-refractivity contribution >= 4 is 23.2 Å². The van der Waals surface area contributed by atoms with Gasteiger partial charge < -0.3 is 0 Å². The summed E-state index contributed by atoms with van der Waals surface area (Å²) in [6.07, 6.45) is -4.08. The van der Waals surface area contributed by atoms with Gasteiger partial charge >= 0.3 is 6.18 Å². The van der Waals surface area contributed by atoms with Crippen LogP contribution in [0.5, 0.6) is 0 Å². The van der Waals surface area contributed by atoms with E-state index in [1.165, 1.54) is 12.1 Å². The number of nitrogens with one attached hydrogen (secondary N) is 1. The molecule has 0 aromatic heterocycles. The molecule has 1 heterocycles. The first-order valence-corrected chi connectivity index (χ1v) is 7.52. The molecule has 0 aliphatic carbocycles. The van der Waals surface area contributed by atoms with Crippen LogP contribution in [0, 0.1) is 0 Å². The van der Waals surface area contributed by atoms with E-state index in [4.69, 9.17) is 11.6 Å². The van der Waals surface area contributed by atoms with Crippen LogP contribution in [-0.4, -0.2) is 11.6 Å². The molecule has 1 atom stereocenters. The molecule has 1 aliphatic rings. The first-order valence-electron chi connectivity index (χ1n) is 7.14. The summed E-state index contributed by atoms with van der Waals surface area (Å²) in [6.45, 7) is 0. The molecule has 1 aliphatic heterocycles. The maximum absolute atomic E-state index is 12.6. The minimum atomic E-state index is -4.38. The minimum Gasteiger partial charge on any atom is -0.272 e.